The number of hydrogen-bond donors (Lipinski definition) is 2. The molecule has 0 saturated heterocycles. The summed E-state index contributed by atoms with van der Waals surface area (Å²) in [5.74, 6) is -0.0155. The van der Waals surface area contributed by atoms with Gasteiger partial charge in [-0.05, 0) is 42.0 Å². The van der Waals surface area contributed by atoms with Crippen molar-refractivity contribution in [3.8, 4) is 5.75 Å². The summed E-state index contributed by atoms with van der Waals surface area (Å²) in [5, 5.41) is 10.3. The van der Waals surface area contributed by atoms with Crippen molar-refractivity contribution < 1.29 is 13.9 Å². The summed E-state index contributed by atoms with van der Waals surface area (Å²) < 4.78 is 19.1. The van der Waals surface area contributed by atoms with E-state index in [0.29, 0.717) is 23.6 Å². The highest BCUT2D eigenvalue weighted by atomic mass is 35.5. The van der Waals surface area contributed by atoms with E-state index < -0.39 is 11.7 Å². The summed E-state index contributed by atoms with van der Waals surface area (Å²) >= 11 is 5.75. The van der Waals surface area contributed by atoms with Crippen LogP contribution in [-0.2, 0) is 6.61 Å². The maximum Gasteiger partial charge on any atom is 0.256 e. The number of aromatic amines is 1. The maximum atomic E-state index is 13.3. The number of hydrogen-bond acceptors (Lipinski definition) is 3. The van der Waals surface area contributed by atoms with E-state index in [4.69, 9.17) is 16.3 Å². The molecule has 0 aliphatic carbocycles. The lowest BCUT2D eigenvalue weighted by molar-refractivity contribution is 0.102. The Morgan fingerprint density at radius 2 is 1.93 bits per heavy atom. The first-order chi connectivity index (χ1) is 13.6. The van der Waals surface area contributed by atoms with Gasteiger partial charge in [-0.25, -0.2) is 4.39 Å². The van der Waals surface area contributed by atoms with Gasteiger partial charge in [0.25, 0.3) is 5.91 Å². The Morgan fingerprint density at radius 1 is 1.11 bits per heavy atom. The van der Waals surface area contributed by atoms with Crippen LogP contribution < -0.4 is 10.1 Å². The third-order valence-corrected chi connectivity index (χ3v) is 4.49. The highest BCUT2D eigenvalue weighted by molar-refractivity contribution is 6.31. The zero-order valence-electron chi connectivity index (χ0n) is 14.6. The van der Waals surface area contributed by atoms with Gasteiger partial charge in [-0.15, -0.1) is 0 Å². The van der Waals surface area contributed by atoms with E-state index in [1.165, 1.54) is 12.1 Å². The zero-order valence-corrected chi connectivity index (χ0v) is 15.3. The standard InChI is InChI=1S/C21H15ClFN3O2/c22-17-10-14(6-8-18(17)23)21(27)24-20-16-11-15(7-9-19(16)25-26-20)28-12-13-4-2-1-3-5-13/h1-11H,12H2,(H2,24,25,26,27). The van der Waals surface area contributed by atoms with Gasteiger partial charge in [-0.1, -0.05) is 41.9 Å². The normalized spacial score (nSPS) is 10.8. The lowest BCUT2D eigenvalue weighted by atomic mass is 10.2. The monoisotopic (exact) mass is 395 g/mol. The first kappa shape index (κ1) is 18.0. The van der Waals surface area contributed by atoms with Crippen molar-refractivity contribution in [2.24, 2.45) is 0 Å². The molecule has 0 radical (unpaired) electrons. The van der Waals surface area contributed by atoms with Gasteiger partial charge in [-0.2, -0.15) is 5.10 Å². The van der Waals surface area contributed by atoms with E-state index in [1.807, 2.05) is 42.5 Å². The van der Waals surface area contributed by atoms with E-state index in [1.54, 1.807) is 6.07 Å². The Labute approximate surface area is 165 Å². The average molecular weight is 396 g/mol. The number of rotatable bonds is 5. The number of carbonyl (C=O) groups is 1. The van der Waals surface area contributed by atoms with Crippen LogP contribution in [0.25, 0.3) is 10.9 Å². The van der Waals surface area contributed by atoms with Gasteiger partial charge in [0, 0.05) is 10.9 Å². The lowest BCUT2D eigenvalue weighted by Crippen LogP contribution is -2.12. The van der Waals surface area contributed by atoms with Gasteiger partial charge >= 0.3 is 0 Å². The number of nitrogens with zero attached hydrogens (tertiary/aromatic N) is 1. The van der Waals surface area contributed by atoms with Crippen molar-refractivity contribution in [1.29, 1.82) is 0 Å². The Kier molecular flexibility index (Phi) is 4.95. The molecule has 1 aromatic heterocycles. The van der Waals surface area contributed by atoms with E-state index in [9.17, 15) is 9.18 Å². The molecule has 140 valence electrons. The number of halogens is 2. The fourth-order valence-corrected chi connectivity index (χ4v) is 2.92. The van der Waals surface area contributed by atoms with Crippen LogP contribution in [0.1, 0.15) is 15.9 Å². The molecule has 0 bridgehead atoms. The molecule has 5 nitrogen and oxygen atoms in total. The second-order valence-corrected chi connectivity index (χ2v) is 6.54. The van der Waals surface area contributed by atoms with Crippen molar-refractivity contribution in [2.45, 2.75) is 6.61 Å². The van der Waals surface area contributed by atoms with Crippen molar-refractivity contribution in [2.75, 3.05) is 5.32 Å². The zero-order chi connectivity index (χ0) is 19.5. The van der Waals surface area contributed by atoms with Crippen LogP contribution in [0.5, 0.6) is 5.75 Å². The van der Waals surface area contributed by atoms with Crippen LogP contribution >= 0.6 is 11.6 Å². The van der Waals surface area contributed by atoms with E-state index in [-0.39, 0.29) is 10.6 Å². The number of aromatic nitrogens is 2. The minimum absolute atomic E-state index is 0.115. The number of anilines is 1. The summed E-state index contributed by atoms with van der Waals surface area (Å²) in [6.45, 7) is 0.431. The molecule has 1 amide bonds. The third kappa shape index (κ3) is 3.82. The quantitative estimate of drug-likeness (QED) is 0.489. The molecule has 3 aromatic carbocycles. The second-order valence-electron chi connectivity index (χ2n) is 6.14. The van der Waals surface area contributed by atoms with E-state index >= 15 is 0 Å². The first-order valence-corrected chi connectivity index (χ1v) is 8.89. The predicted molar refractivity (Wildman–Crippen MR) is 106 cm³/mol. The van der Waals surface area contributed by atoms with Crippen molar-refractivity contribution in [1.82, 2.24) is 10.2 Å². The fraction of sp³-hybridized carbons (Fsp3) is 0.0476. The van der Waals surface area contributed by atoms with E-state index in [2.05, 4.69) is 15.5 Å². The molecule has 0 aliphatic heterocycles. The van der Waals surface area contributed by atoms with Crippen LogP contribution in [0.15, 0.2) is 66.7 Å². The number of amides is 1. The van der Waals surface area contributed by atoms with Gasteiger partial charge in [0.05, 0.1) is 10.5 Å². The molecular weight excluding hydrogens is 381 g/mol. The molecule has 0 atom stereocenters. The van der Waals surface area contributed by atoms with Gasteiger partial charge in [-0.3, -0.25) is 9.89 Å². The number of H-pyrrole nitrogens is 1. The van der Waals surface area contributed by atoms with Crippen LogP contribution in [0.4, 0.5) is 10.2 Å². The second kappa shape index (κ2) is 7.70. The third-order valence-electron chi connectivity index (χ3n) is 4.20. The highest BCUT2D eigenvalue weighted by Gasteiger charge is 2.13. The number of nitrogens with one attached hydrogen (secondary N) is 2. The molecule has 7 heteroatoms. The minimum atomic E-state index is -0.580. The Bertz CT molecular complexity index is 1150. The highest BCUT2D eigenvalue weighted by Crippen LogP contribution is 2.26. The molecule has 0 saturated carbocycles. The van der Waals surface area contributed by atoms with Crippen LogP contribution in [0.3, 0.4) is 0 Å². The number of fused-ring (bicyclic) bond motifs is 1. The van der Waals surface area contributed by atoms with Crippen molar-refractivity contribution in [3.63, 3.8) is 0 Å². The van der Waals surface area contributed by atoms with E-state index in [0.717, 1.165) is 17.1 Å². The molecule has 1 heterocycles. The Hall–Kier alpha value is -3.38. The van der Waals surface area contributed by atoms with Crippen LogP contribution in [0, 0.1) is 5.82 Å². The van der Waals surface area contributed by atoms with Gasteiger partial charge < -0.3 is 10.1 Å². The summed E-state index contributed by atoms with van der Waals surface area (Å²) in [7, 11) is 0. The smallest absolute Gasteiger partial charge is 0.256 e. The molecular formula is C21H15ClFN3O2. The van der Waals surface area contributed by atoms with Crippen molar-refractivity contribution in [3.05, 3.63) is 88.7 Å². The SMILES string of the molecule is O=C(Nc1n[nH]c2ccc(OCc3ccccc3)cc12)c1ccc(F)c(Cl)c1. The summed E-state index contributed by atoms with van der Waals surface area (Å²) in [5.41, 5.74) is 2.04. The number of carbonyl (C=O) groups excluding carboxylic acids is 1. The predicted octanol–water partition coefficient (Wildman–Crippen LogP) is 5.19. The molecule has 0 aliphatic rings. The Morgan fingerprint density at radius 3 is 2.71 bits per heavy atom. The number of benzene rings is 3. The average Bonchev–Trinajstić information content (AvgIpc) is 3.11. The minimum Gasteiger partial charge on any atom is -0.489 e. The molecule has 0 unspecified atom stereocenters. The maximum absolute atomic E-state index is 13.3. The molecule has 0 fully saturated rings. The molecule has 0 spiro atoms. The number of ether oxygens (including phenoxy) is 1. The summed E-state index contributed by atoms with van der Waals surface area (Å²) in [4.78, 5) is 12.4. The largest absolute Gasteiger partial charge is 0.489 e. The van der Waals surface area contributed by atoms with Crippen LogP contribution in [0.2, 0.25) is 5.02 Å². The molecule has 4 rings (SSSR count). The lowest BCUT2D eigenvalue weighted by Gasteiger charge is -2.07. The molecule has 4 aromatic rings. The van der Waals surface area contributed by atoms with Gasteiger partial charge in [0.2, 0.25) is 0 Å². The van der Waals surface area contributed by atoms with Gasteiger partial charge in [0.1, 0.15) is 18.2 Å². The fourth-order valence-electron chi connectivity index (χ4n) is 2.74. The summed E-state index contributed by atoms with van der Waals surface area (Å²) in [6.07, 6.45) is 0. The molecule has 28 heavy (non-hydrogen) atoms. The van der Waals surface area contributed by atoms with Gasteiger partial charge in [0.15, 0.2) is 5.82 Å². The van der Waals surface area contributed by atoms with Crippen LogP contribution in [-0.4, -0.2) is 16.1 Å². The topological polar surface area (TPSA) is 67.0 Å². The Balaban J connectivity index is 1.54. The van der Waals surface area contributed by atoms with Crippen molar-refractivity contribution >= 4 is 34.2 Å². The molecule has 2 N–H and O–H groups in total. The summed E-state index contributed by atoms with van der Waals surface area (Å²) in [6, 6.07) is 19.1. The first-order valence-electron chi connectivity index (χ1n) is 8.51.